The summed E-state index contributed by atoms with van der Waals surface area (Å²) >= 11 is 1.67. The highest BCUT2D eigenvalue weighted by Crippen LogP contribution is 2.35. The van der Waals surface area contributed by atoms with Gasteiger partial charge in [0.15, 0.2) is 5.78 Å². The lowest BCUT2D eigenvalue weighted by Gasteiger charge is -2.38. The minimum absolute atomic E-state index is 0. The first kappa shape index (κ1) is 24.7. The fourth-order valence-corrected chi connectivity index (χ4v) is 5.98. The molecule has 0 bridgehead atoms. The van der Waals surface area contributed by atoms with Gasteiger partial charge in [0, 0.05) is 6.54 Å². The Morgan fingerprint density at radius 2 is 1.97 bits per heavy atom. The van der Waals surface area contributed by atoms with Crippen LogP contribution in [0.4, 0.5) is 0 Å². The molecule has 8 heteroatoms. The average Bonchev–Trinajstić information content (AvgIpc) is 3.35. The molecule has 1 aliphatic carbocycles. The molecular formula is C21H33NO4S3. The number of Topliss-reactive ketones (excluding diaryl/α,β-unsaturated/α-hetero) is 1. The summed E-state index contributed by atoms with van der Waals surface area (Å²) in [7, 11) is 0. The van der Waals surface area contributed by atoms with Crippen LogP contribution in [0.15, 0.2) is 22.8 Å². The van der Waals surface area contributed by atoms with Crippen molar-refractivity contribution in [3.05, 3.63) is 24.2 Å². The molecule has 1 amide bonds. The second-order valence-corrected chi connectivity index (χ2v) is 9.24. The molecule has 2 aliphatic heterocycles. The van der Waals surface area contributed by atoms with Gasteiger partial charge in [-0.25, -0.2) is 0 Å². The van der Waals surface area contributed by atoms with E-state index in [1.807, 2.05) is 17.0 Å². The third kappa shape index (κ3) is 5.99. The molecule has 2 saturated heterocycles. The first-order chi connectivity index (χ1) is 13.2. The first-order valence-electron chi connectivity index (χ1n) is 10.3. The van der Waals surface area contributed by atoms with Crippen molar-refractivity contribution in [2.45, 2.75) is 74.5 Å². The number of likely N-dealkylation sites (tertiary alicyclic amines) is 1. The zero-order chi connectivity index (χ0) is 18.6. The molecule has 164 valence electrons. The van der Waals surface area contributed by atoms with Crippen LogP contribution in [-0.4, -0.2) is 47.1 Å². The molecule has 0 N–H and O–H groups in total. The number of furan rings is 1. The SMILES string of the molecule is O=C1CO[C@@H]2CCCN(C(=O)[C@H](CC3CCCCC3)SCc3ccco3)[C@H]12.S.S. The number of thioether (sulfide) groups is 1. The number of nitrogens with zero attached hydrogens (tertiary/aromatic N) is 1. The van der Waals surface area contributed by atoms with Crippen LogP contribution in [0.5, 0.6) is 0 Å². The van der Waals surface area contributed by atoms with Gasteiger partial charge in [-0.05, 0) is 37.3 Å². The Morgan fingerprint density at radius 1 is 1.17 bits per heavy atom. The number of hydrogen-bond donors (Lipinski definition) is 0. The standard InChI is InChI=1S/C21H29NO4S.2H2S/c23-17-13-26-18-9-4-10-22(20(17)18)21(24)19(12-15-6-2-1-3-7-15)27-14-16-8-5-11-25-16;;/h5,8,11,15,18-20H,1-4,6-7,9-10,12-14H2;2*1H2/t18-,19+,20-;;/m1../s1. The summed E-state index contributed by atoms with van der Waals surface area (Å²) < 4.78 is 11.1. The maximum absolute atomic E-state index is 13.5. The zero-order valence-corrected chi connectivity index (χ0v) is 19.6. The molecule has 0 unspecified atom stereocenters. The van der Waals surface area contributed by atoms with E-state index in [4.69, 9.17) is 9.15 Å². The number of amides is 1. The van der Waals surface area contributed by atoms with E-state index in [2.05, 4.69) is 0 Å². The van der Waals surface area contributed by atoms with E-state index in [0.29, 0.717) is 18.2 Å². The van der Waals surface area contributed by atoms with Gasteiger partial charge >= 0.3 is 0 Å². The summed E-state index contributed by atoms with van der Waals surface area (Å²) in [5.41, 5.74) is 0. The topological polar surface area (TPSA) is 59.8 Å². The molecule has 0 spiro atoms. The summed E-state index contributed by atoms with van der Waals surface area (Å²) in [6, 6.07) is 3.49. The second-order valence-electron chi connectivity index (χ2n) is 8.05. The maximum atomic E-state index is 13.5. The summed E-state index contributed by atoms with van der Waals surface area (Å²) in [6.45, 7) is 0.837. The largest absolute Gasteiger partial charge is 0.468 e. The molecule has 3 heterocycles. The smallest absolute Gasteiger partial charge is 0.236 e. The molecule has 1 saturated carbocycles. The van der Waals surface area contributed by atoms with Crippen molar-refractivity contribution in [2.75, 3.05) is 13.2 Å². The van der Waals surface area contributed by atoms with E-state index in [0.717, 1.165) is 25.0 Å². The molecule has 1 aromatic rings. The van der Waals surface area contributed by atoms with Gasteiger partial charge in [-0.1, -0.05) is 32.1 Å². The summed E-state index contributed by atoms with van der Waals surface area (Å²) in [4.78, 5) is 27.7. The predicted octanol–water partition coefficient (Wildman–Crippen LogP) is 4.04. The normalized spacial score (nSPS) is 25.7. The second kappa shape index (κ2) is 11.7. The fraction of sp³-hybridized carbons (Fsp3) is 0.714. The lowest BCUT2D eigenvalue weighted by Crippen LogP contribution is -2.54. The Balaban J connectivity index is 0.00000150. The van der Waals surface area contributed by atoms with Crippen LogP contribution in [0, 0.1) is 5.92 Å². The van der Waals surface area contributed by atoms with E-state index in [1.54, 1.807) is 18.0 Å². The molecule has 3 aliphatic rings. The van der Waals surface area contributed by atoms with Gasteiger partial charge in [-0.3, -0.25) is 9.59 Å². The first-order valence-corrected chi connectivity index (χ1v) is 11.4. The number of piperidine rings is 1. The van der Waals surface area contributed by atoms with Crippen molar-refractivity contribution in [1.82, 2.24) is 4.90 Å². The average molecular weight is 460 g/mol. The number of fused-ring (bicyclic) bond motifs is 1. The Labute approximate surface area is 191 Å². The number of ketones is 1. The van der Waals surface area contributed by atoms with Crippen LogP contribution < -0.4 is 0 Å². The molecule has 0 aromatic carbocycles. The number of carbonyl (C=O) groups is 2. The zero-order valence-electron chi connectivity index (χ0n) is 16.8. The van der Waals surface area contributed by atoms with E-state index < -0.39 is 0 Å². The molecular weight excluding hydrogens is 426 g/mol. The predicted molar refractivity (Wildman–Crippen MR) is 125 cm³/mol. The Morgan fingerprint density at radius 3 is 2.69 bits per heavy atom. The molecule has 4 rings (SSSR count). The van der Waals surface area contributed by atoms with E-state index in [1.165, 1.54) is 32.1 Å². The van der Waals surface area contributed by atoms with Gasteiger partial charge in [0.2, 0.25) is 5.91 Å². The highest BCUT2D eigenvalue weighted by molar-refractivity contribution is 7.99. The fourth-order valence-electron chi connectivity index (χ4n) is 4.77. The Bertz CT molecular complexity index is 648. The van der Waals surface area contributed by atoms with Crippen LogP contribution in [0.1, 0.15) is 57.1 Å². The van der Waals surface area contributed by atoms with Crippen LogP contribution in [-0.2, 0) is 20.1 Å². The molecule has 29 heavy (non-hydrogen) atoms. The molecule has 0 radical (unpaired) electrons. The van der Waals surface area contributed by atoms with Gasteiger partial charge in [0.05, 0.1) is 23.4 Å². The van der Waals surface area contributed by atoms with Crippen LogP contribution in [0.25, 0.3) is 0 Å². The lowest BCUT2D eigenvalue weighted by atomic mass is 9.85. The summed E-state index contributed by atoms with van der Waals surface area (Å²) in [6.07, 6.45) is 10.6. The van der Waals surface area contributed by atoms with Crippen LogP contribution in [0.2, 0.25) is 0 Å². The highest BCUT2D eigenvalue weighted by atomic mass is 32.2. The number of hydrogen-bond acceptors (Lipinski definition) is 5. The van der Waals surface area contributed by atoms with E-state index in [-0.39, 0.29) is 62.7 Å². The van der Waals surface area contributed by atoms with Crippen molar-refractivity contribution < 1.29 is 18.7 Å². The van der Waals surface area contributed by atoms with E-state index >= 15 is 0 Å². The third-order valence-electron chi connectivity index (χ3n) is 6.18. The van der Waals surface area contributed by atoms with Crippen molar-refractivity contribution in [3.8, 4) is 0 Å². The summed E-state index contributed by atoms with van der Waals surface area (Å²) in [5.74, 6) is 2.42. The lowest BCUT2D eigenvalue weighted by molar-refractivity contribution is -0.140. The van der Waals surface area contributed by atoms with Gasteiger partial charge in [-0.2, -0.15) is 27.0 Å². The minimum atomic E-state index is -0.357. The van der Waals surface area contributed by atoms with Crippen LogP contribution >= 0.6 is 38.8 Å². The van der Waals surface area contributed by atoms with Crippen molar-refractivity contribution in [2.24, 2.45) is 5.92 Å². The molecule has 3 fully saturated rings. The number of carbonyl (C=O) groups excluding carboxylic acids is 2. The minimum Gasteiger partial charge on any atom is -0.468 e. The monoisotopic (exact) mass is 459 g/mol. The quantitative estimate of drug-likeness (QED) is 0.643. The maximum Gasteiger partial charge on any atom is 0.236 e. The van der Waals surface area contributed by atoms with Gasteiger partial charge < -0.3 is 14.1 Å². The van der Waals surface area contributed by atoms with E-state index in [9.17, 15) is 9.59 Å². The molecule has 1 aromatic heterocycles. The number of rotatable bonds is 6. The van der Waals surface area contributed by atoms with Crippen LogP contribution in [0.3, 0.4) is 0 Å². The Hall–Kier alpha value is -0.570. The van der Waals surface area contributed by atoms with Gasteiger partial charge in [0.1, 0.15) is 18.4 Å². The third-order valence-corrected chi connectivity index (χ3v) is 7.43. The van der Waals surface area contributed by atoms with Crippen molar-refractivity contribution in [3.63, 3.8) is 0 Å². The van der Waals surface area contributed by atoms with Crippen molar-refractivity contribution >= 4 is 50.4 Å². The molecule has 3 atom stereocenters. The van der Waals surface area contributed by atoms with Crippen molar-refractivity contribution in [1.29, 1.82) is 0 Å². The Kier molecular flexibility index (Phi) is 9.98. The number of ether oxygens (including phenoxy) is 1. The summed E-state index contributed by atoms with van der Waals surface area (Å²) in [5, 5.41) is -0.106. The van der Waals surface area contributed by atoms with Gasteiger partial charge in [-0.15, -0.1) is 11.8 Å². The highest BCUT2D eigenvalue weighted by Gasteiger charge is 2.45. The molecule has 5 nitrogen and oxygen atoms in total. The van der Waals surface area contributed by atoms with Gasteiger partial charge in [0.25, 0.3) is 0 Å².